The summed E-state index contributed by atoms with van der Waals surface area (Å²) in [7, 11) is 1.64. The molecular weight excluding hydrogens is 319 g/mol. The van der Waals surface area contributed by atoms with Gasteiger partial charge in [-0.05, 0) is 41.6 Å². The Morgan fingerprint density at radius 1 is 1.32 bits per heavy atom. The topological polar surface area (TPSA) is 72.7 Å². The van der Waals surface area contributed by atoms with Gasteiger partial charge in [-0.1, -0.05) is 11.8 Å². The largest absolute Gasteiger partial charge is 0.416 e. The maximum atomic E-state index is 12.4. The van der Waals surface area contributed by atoms with Crippen LogP contribution in [0.3, 0.4) is 0 Å². The van der Waals surface area contributed by atoms with E-state index in [-0.39, 0.29) is 5.91 Å². The van der Waals surface area contributed by atoms with Gasteiger partial charge in [-0.25, -0.2) is 4.68 Å². The molecule has 10 heteroatoms. The predicted octanol–water partition coefficient (Wildman–Crippen LogP) is 2.35. The second-order valence-corrected chi connectivity index (χ2v) is 5.72. The minimum Gasteiger partial charge on any atom is -0.325 e. The number of halogens is 3. The van der Waals surface area contributed by atoms with Crippen molar-refractivity contribution in [2.45, 2.75) is 23.5 Å². The second kappa shape index (κ2) is 6.34. The number of rotatable bonds is 4. The number of anilines is 1. The van der Waals surface area contributed by atoms with Gasteiger partial charge in [0, 0.05) is 12.7 Å². The number of carbonyl (C=O) groups is 1. The zero-order chi connectivity index (χ0) is 16.3. The van der Waals surface area contributed by atoms with Crippen LogP contribution in [-0.2, 0) is 18.0 Å². The molecule has 0 aliphatic heterocycles. The molecule has 1 aromatic carbocycles. The van der Waals surface area contributed by atoms with E-state index >= 15 is 0 Å². The lowest BCUT2D eigenvalue weighted by molar-refractivity contribution is -0.137. The molecule has 0 aliphatic rings. The average molecular weight is 331 g/mol. The molecule has 0 aliphatic carbocycles. The molecule has 1 N–H and O–H groups in total. The van der Waals surface area contributed by atoms with E-state index in [2.05, 4.69) is 20.8 Å². The fourth-order valence-corrected chi connectivity index (χ4v) is 2.27. The number of alkyl halides is 3. The Kier molecular flexibility index (Phi) is 4.69. The highest BCUT2D eigenvalue weighted by molar-refractivity contribution is 8.00. The Balaban J connectivity index is 1.98. The summed E-state index contributed by atoms with van der Waals surface area (Å²) in [4.78, 5) is 12.0. The Morgan fingerprint density at radius 2 is 1.95 bits per heavy atom. The highest BCUT2D eigenvalue weighted by Gasteiger charge is 2.30. The molecule has 6 nitrogen and oxygen atoms in total. The minimum absolute atomic E-state index is 0.293. The Labute approximate surface area is 128 Å². The highest BCUT2D eigenvalue weighted by Crippen LogP contribution is 2.30. The molecule has 1 atom stereocenters. The molecule has 0 fully saturated rings. The molecule has 0 bridgehead atoms. The molecule has 118 valence electrons. The van der Waals surface area contributed by atoms with Crippen LogP contribution in [0.5, 0.6) is 0 Å². The number of aryl methyl sites for hydroxylation is 1. The third kappa shape index (κ3) is 3.97. The molecule has 2 aromatic rings. The van der Waals surface area contributed by atoms with E-state index in [0.717, 1.165) is 23.9 Å². The van der Waals surface area contributed by atoms with E-state index in [9.17, 15) is 18.0 Å². The molecule has 1 unspecified atom stereocenters. The van der Waals surface area contributed by atoms with Crippen molar-refractivity contribution in [2.75, 3.05) is 5.32 Å². The van der Waals surface area contributed by atoms with Crippen molar-refractivity contribution >= 4 is 23.4 Å². The van der Waals surface area contributed by atoms with Gasteiger partial charge in [-0.3, -0.25) is 4.79 Å². The predicted molar refractivity (Wildman–Crippen MR) is 74.2 cm³/mol. The van der Waals surface area contributed by atoms with Crippen LogP contribution >= 0.6 is 11.8 Å². The van der Waals surface area contributed by atoms with Gasteiger partial charge < -0.3 is 5.32 Å². The Hall–Kier alpha value is -2.10. The zero-order valence-electron chi connectivity index (χ0n) is 11.6. The molecule has 1 amide bonds. The van der Waals surface area contributed by atoms with Crippen molar-refractivity contribution in [1.82, 2.24) is 20.2 Å². The normalized spacial score (nSPS) is 13.0. The van der Waals surface area contributed by atoms with E-state index in [1.165, 1.54) is 16.8 Å². The quantitative estimate of drug-likeness (QED) is 0.871. The second-order valence-electron chi connectivity index (χ2n) is 4.41. The lowest BCUT2D eigenvalue weighted by atomic mass is 10.2. The van der Waals surface area contributed by atoms with Crippen LogP contribution in [0.15, 0.2) is 29.4 Å². The van der Waals surface area contributed by atoms with Gasteiger partial charge in [0.25, 0.3) is 0 Å². The molecule has 0 spiro atoms. The van der Waals surface area contributed by atoms with Crippen LogP contribution in [0, 0.1) is 0 Å². The monoisotopic (exact) mass is 331 g/mol. The average Bonchev–Trinajstić information content (AvgIpc) is 2.84. The Morgan fingerprint density at radius 3 is 2.45 bits per heavy atom. The van der Waals surface area contributed by atoms with Gasteiger partial charge in [0.15, 0.2) is 0 Å². The number of nitrogens with zero attached hydrogens (tertiary/aromatic N) is 4. The van der Waals surface area contributed by atoms with Crippen LogP contribution < -0.4 is 5.32 Å². The molecule has 0 radical (unpaired) electrons. The summed E-state index contributed by atoms with van der Waals surface area (Å²) < 4.78 is 38.8. The first-order chi connectivity index (χ1) is 10.3. The first kappa shape index (κ1) is 16.3. The van der Waals surface area contributed by atoms with Crippen LogP contribution in [0.25, 0.3) is 0 Å². The standard InChI is InChI=1S/C12H12F3N5OS/c1-7(22-11-17-18-19-20(11)2)10(21)16-9-5-3-8(4-6-9)12(13,14)15/h3-7H,1-2H3,(H,16,21). The summed E-state index contributed by atoms with van der Waals surface area (Å²) in [6.45, 7) is 1.65. The van der Waals surface area contributed by atoms with E-state index in [1.54, 1.807) is 14.0 Å². The van der Waals surface area contributed by atoms with Crippen LogP contribution in [0.2, 0.25) is 0 Å². The van der Waals surface area contributed by atoms with Crippen molar-refractivity contribution in [3.05, 3.63) is 29.8 Å². The number of amides is 1. The van der Waals surface area contributed by atoms with Gasteiger partial charge >= 0.3 is 6.18 Å². The summed E-state index contributed by atoms with van der Waals surface area (Å²) in [6.07, 6.45) is -4.40. The van der Waals surface area contributed by atoms with Crippen molar-refractivity contribution in [3.63, 3.8) is 0 Å². The van der Waals surface area contributed by atoms with Crippen LogP contribution in [0.4, 0.5) is 18.9 Å². The molecular formula is C12H12F3N5OS. The number of carbonyl (C=O) groups excluding carboxylic acids is 1. The first-order valence-corrected chi connectivity index (χ1v) is 7.02. The molecule has 0 saturated heterocycles. The third-order valence-electron chi connectivity index (χ3n) is 2.71. The van der Waals surface area contributed by atoms with Crippen molar-refractivity contribution in [3.8, 4) is 0 Å². The van der Waals surface area contributed by atoms with Crippen LogP contribution in [-0.4, -0.2) is 31.4 Å². The van der Waals surface area contributed by atoms with Gasteiger partial charge in [0.1, 0.15) is 0 Å². The van der Waals surface area contributed by atoms with E-state index in [4.69, 9.17) is 0 Å². The van der Waals surface area contributed by atoms with Gasteiger partial charge in [0.05, 0.1) is 10.8 Å². The van der Waals surface area contributed by atoms with Crippen LogP contribution in [0.1, 0.15) is 12.5 Å². The molecule has 0 saturated carbocycles. The number of nitrogens with one attached hydrogen (secondary N) is 1. The van der Waals surface area contributed by atoms with Gasteiger partial charge in [-0.2, -0.15) is 13.2 Å². The summed E-state index contributed by atoms with van der Waals surface area (Å²) >= 11 is 1.15. The number of aromatic nitrogens is 4. The Bertz CT molecular complexity index is 656. The maximum absolute atomic E-state index is 12.4. The summed E-state index contributed by atoms with van der Waals surface area (Å²) in [5, 5.41) is 13.3. The lowest BCUT2D eigenvalue weighted by Gasteiger charge is -2.12. The number of thioether (sulfide) groups is 1. The minimum atomic E-state index is -4.40. The van der Waals surface area contributed by atoms with E-state index in [0.29, 0.717) is 10.8 Å². The fourth-order valence-electron chi connectivity index (χ4n) is 1.52. The SMILES string of the molecule is CC(Sc1nnnn1C)C(=O)Nc1ccc(C(F)(F)F)cc1. The van der Waals surface area contributed by atoms with E-state index < -0.39 is 17.0 Å². The molecule has 1 aromatic heterocycles. The van der Waals surface area contributed by atoms with Crippen molar-refractivity contribution in [1.29, 1.82) is 0 Å². The maximum Gasteiger partial charge on any atom is 0.416 e. The highest BCUT2D eigenvalue weighted by atomic mass is 32.2. The summed E-state index contributed by atoms with van der Waals surface area (Å²) in [5.74, 6) is -0.354. The fraction of sp³-hybridized carbons (Fsp3) is 0.333. The summed E-state index contributed by atoms with van der Waals surface area (Å²) in [5.41, 5.74) is -0.473. The van der Waals surface area contributed by atoms with Crippen molar-refractivity contribution in [2.24, 2.45) is 7.05 Å². The van der Waals surface area contributed by atoms with Gasteiger partial charge in [0.2, 0.25) is 11.1 Å². The van der Waals surface area contributed by atoms with Crippen molar-refractivity contribution < 1.29 is 18.0 Å². The smallest absolute Gasteiger partial charge is 0.325 e. The zero-order valence-corrected chi connectivity index (χ0v) is 12.4. The number of benzene rings is 1. The molecule has 22 heavy (non-hydrogen) atoms. The summed E-state index contributed by atoms with van der Waals surface area (Å²) in [6, 6.07) is 4.25. The van der Waals surface area contributed by atoms with Gasteiger partial charge in [-0.15, -0.1) is 5.10 Å². The number of hydrogen-bond acceptors (Lipinski definition) is 5. The van der Waals surface area contributed by atoms with E-state index in [1.807, 2.05) is 0 Å². The lowest BCUT2D eigenvalue weighted by Crippen LogP contribution is -2.23. The first-order valence-electron chi connectivity index (χ1n) is 6.14. The molecule has 1 heterocycles. The number of tetrazole rings is 1. The molecule has 2 rings (SSSR count). The third-order valence-corrected chi connectivity index (χ3v) is 3.84. The number of hydrogen-bond donors (Lipinski definition) is 1.